The normalized spacial score (nSPS) is 17.2. The summed E-state index contributed by atoms with van der Waals surface area (Å²) >= 11 is 1.53. The molecule has 0 radical (unpaired) electrons. The van der Waals surface area contributed by atoms with E-state index >= 15 is 0 Å². The molecular weight excluding hydrogens is 234 g/mol. The first kappa shape index (κ1) is 12.3. The van der Waals surface area contributed by atoms with E-state index in [-0.39, 0.29) is 11.9 Å². The van der Waals surface area contributed by atoms with E-state index in [1.165, 1.54) is 11.3 Å². The Kier molecular flexibility index (Phi) is 3.62. The highest BCUT2D eigenvalue weighted by Gasteiger charge is 2.26. The third-order valence-corrected chi connectivity index (χ3v) is 4.32. The van der Waals surface area contributed by atoms with Crippen LogP contribution in [0, 0.1) is 6.92 Å². The maximum absolute atomic E-state index is 12.2. The van der Waals surface area contributed by atoms with Gasteiger partial charge in [0.2, 0.25) is 0 Å². The molecule has 1 heterocycles. The fraction of sp³-hybridized carbons (Fsp3) is 0.538. The second-order valence-corrected chi connectivity index (χ2v) is 5.88. The Morgan fingerprint density at radius 2 is 2.00 bits per heavy atom. The molecule has 1 saturated carbocycles. The van der Waals surface area contributed by atoms with Crippen LogP contribution in [0.1, 0.15) is 40.2 Å². The van der Waals surface area contributed by atoms with E-state index in [1.807, 2.05) is 26.1 Å². The summed E-state index contributed by atoms with van der Waals surface area (Å²) in [7, 11) is 1.85. The van der Waals surface area contributed by atoms with Gasteiger partial charge in [-0.15, -0.1) is 11.3 Å². The zero-order valence-electron chi connectivity index (χ0n) is 10.2. The minimum Gasteiger partial charge on any atom is -0.338 e. The van der Waals surface area contributed by atoms with E-state index in [4.69, 9.17) is 0 Å². The van der Waals surface area contributed by atoms with Crippen molar-refractivity contribution in [3.63, 3.8) is 0 Å². The number of carbonyl (C=O) groups is 2. The predicted molar refractivity (Wildman–Crippen MR) is 68.4 cm³/mol. The Bertz CT molecular complexity index is 428. The van der Waals surface area contributed by atoms with Crippen LogP contribution in [-0.2, 0) is 4.79 Å². The molecule has 0 bridgehead atoms. The van der Waals surface area contributed by atoms with Crippen LogP contribution in [0.3, 0.4) is 0 Å². The molecule has 4 heteroatoms. The molecule has 2 rings (SSSR count). The molecule has 17 heavy (non-hydrogen) atoms. The van der Waals surface area contributed by atoms with Gasteiger partial charge in [0.05, 0.1) is 4.88 Å². The Labute approximate surface area is 105 Å². The van der Waals surface area contributed by atoms with E-state index in [0.29, 0.717) is 18.6 Å². The first-order chi connectivity index (χ1) is 8.08. The van der Waals surface area contributed by atoms with Crippen molar-refractivity contribution >= 4 is 23.0 Å². The van der Waals surface area contributed by atoms with Gasteiger partial charge in [-0.2, -0.15) is 0 Å². The molecule has 1 amide bonds. The van der Waals surface area contributed by atoms with Crippen molar-refractivity contribution < 1.29 is 9.59 Å². The summed E-state index contributed by atoms with van der Waals surface area (Å²) < 4.78 is 0. The van der Waals surface area contributed by atoms with Crippen LogP contribution in [0.5, 0.6) is 0 Å². The molecule has 0 aromatic carbocycles. The lowest BCUT2D eigenvalue weighted by molar-refractivity contribution is -0.121. The van der Waals surface area contributed by atoms with Crippen molar-refractivity contribution in [1.29, 1.82) is 0 Å². The topological polar surface area (TPSA) is 37.4 Å². The summed E-state index contributed by atoms with van der Waals surface area (Å²) in [5.41, 5.74) is 0. The molecule has 1 aromatic rings. The Morgan fingerprint density at radius 3 is 2.53 bits per heavy atom. The average Bonchev–Trinajstić information content (AvgIpc) is 2.75. The number of thiophene rings is 1. The lowest BCUT2D eigenvalue weighted by Crippen LogP contribution is -2.39. The molecule has 1 aliphatic rings. The second kappa shape index (κ2) is 5.00. The van der Waals surface area contributed by atoms with Crippen molar-refractivity contribution in [3.05, 3.63) is 21.9 Å². The van der Waals surface area contributed by atoms with Gasteiger partial charge in [-0.1, -0.05) is 0 Å². The largest absolute Gasteiger partial charge is 0.338 e. The highest BCUT2D eigenvalue weighted by Crippen LogP contribution is 2.23. The Balaban J connectivity index is 2.02. The summed E-state index contributed by atoms with van der Waals surface area (Å²) in [5, 5.41) is 0. The van der Waals surface area contributed by atoms with Crippen LogP contribution >= 0.6 is 11.3 Å². The van der Waals surface area contributed by atoms with Crippen molar-refractivity contribution in [2.45, 2.75) is 38.6 Å². The van der Waals surface area contributed by atoms with Crippen LogP contribution in [0.4, 0.5) is 0 Å². The van der Waals surface area contributed by atoms with Crippen molar-refractivity contribution in [1.82, 2.24) is 4.90 Å². The molecule has 92 valence electrons. The molecule has 0 atom stereocenters. The molecular formula is C13H17NO2S. The third kappa shape index (κ3) is 2.75. The first-order valence-corrected chi connectivity index (χ1v) is 6.75. The fourth-order valence-electron chi connectivity index (χ4n) is 2.20. The molecule has 0 unspecified atom stereocenters. The van der Waals surface area contributed by atoms with E-state index in [9.17, 15) is 9.59 Å². The molecule has 1 fully saturated rings. The highest BCUT2D eigenvalue weighted by molar-refractivity contribution is 7.13. The SMILES string of the molecule is Cc1ccc(C(=O)N(C)C2CCC(=O)CC2)s1. The Morgan fingerprint density at radius 1 is 1.35 bits per heavy atom. The van der Waals surface area contributed by atoms with Gasteiger partial charge >= 0.3 is 0 Å². The van der Waals surface area contributed by atoms with Crippen LogP contribution in [0.2, 0.25) is 0 Å². The second-order valence-electron chi connectivity index (χ2n) is 4.60. The van der Waals surface area contributed by atoms with Gasteiger partial charge in [-0.25, -0.2) is 0 Å². The summed E-state index contributed by atoms with van der Waals surface area (Å²) in [6.07, 6.45) is 2.86. The highest BCUT2D eigenvalue weighted by atomic mass is 32.1. The standard InChI is InChI=1S/C13H17NO2S/c1-9-3-8-12(17-9)13(16)14(2)10-4-6-11(15)7-5-10/h3,8,10H,4-7H2,1-2H3. The van der Waals surface area contributed by atoms with Gasteiger partial charge in [0, 0.05) is 30.8 Å². The maximum Gasteiger partial charge on any atom is 0.263 e. The van der Waals surface area contributed by atoms with Gasteiger partial charge in [0.25, 0.3) is 5.91 Å². The molecule has 3 nitrogen and oxygen atoms in total. The van der Waals surface area contributed by atoms with Crippen molar-refractivity contribution in [3.8, 4) is 0 Å². The summed E-state index contributed by atoms with van der Waals surface area (Å²) in [6.45, 7) is 2.00. The quantitative estimate of drug-likeness (QED) is 0.810. The van der Waals surface area contributed by atoms with Crippen LogP contribution in [0.25, 0.3) is 0 Å². The molecule has 1 aliphatic carbocycles. The van der Waals surface area contributed by atoms with E-state index in [2.05, 4.69) is 0 Å². The third-order valence-electron chi connectivity index (χ3n) is 3.33. The molecule has 0 aliphatic heterocycles. The summed E-state index contributed by atoms with van der Waals surface area (Å²) in [4.78, 5) is 27.1. The Hall–Kier alpha value is -1.16. The van der Waals surface area contributed by atoms with Crippen molar-refractivity contribution in [2.75, 3.05) is 7.05 Å². The predicted octanol–water partition coefficient (Wildman–Crippen LogP) is 2.64. The minimum atomic E-state index is 0.0856. The minimum absolute atomic E-state index is 0.0856. The number of hydrogen-bond donors (Lipinski definition) is 0. The van der Waals surface area contributed by atoms with Crippen LogP contribution in [-0.4, -0.2) is 29.7 Å². The first-order valence-electron chi connectivity index (χ1n) is 5.93. The number of amides is 1. The van der Waals surface area contributed by atoms with E-state index in [1.54, 1.807) is 4.90 Å². The van der Waals surface area contributed by atoms with Gasteiger partial charge < -0.3 is 4.90 Å². The number of nitrogens with zero attached hydrogens (tertiary/aromatic N) is 1. The lowest BCUT2D eigenvalue weighted by atomic mass is 9.93. The van der Waals surface area contributed by atoms with Crippen LogP contribution in [0.15, 0.2) is 12.1 Å². The lowest BCUT2D eigenvalue weighted by Gasteiger charge is -2.30. The summed E-state index contributed by atoms with van der Waals surface area (Å²) in [5.74, 6) is 0.413. The number of Topliss-reactive ketones (excluding diaryl/α,β-unsaturated/α-hetero) is 1. The average molecular weight is 251 g/mol. The van der Waals surface area contributed by atoms with Gasteiger partial charge in [-0.05, 0) is 31.9 Å². The van der Waals surface area contributed by atoms with Gasteiger partial charge in [0.1, 0.15) is 5.78 Å². The fourth-order valence-corrected chi connectivity index (χ4v) is 3.05. The number of aryl methyl sites for hydroxylation is 1. The van der Waals surface area contributed by atoms with Crippen molar-refractivity contribution in [2.24, 2.45) is 0 Å². The number of ketones is 1. The van der Waals surface area contributed by atoms with Gasteiger partial charge in [-0.3, -0.25) is 9.59 Å². The molecule has 1 aromatic heterocycles. The van der Waals surface area contributed by atoms with E-state index in [0.717, 1.165) is 22.6 Å². The maximum atomic E-state index is 12.2. The molecule has 0 saturated heterocycles. The smallest absolute Gasteiger partial charge is 0.263 e. The zero-order chi connectivity index (χ0) is 12.4. The molecule has 0 N–H and O–H groups in total. The summed E-state index contributed by atoms with van der Waals surface area (Å²) in [6, 6.07) is 4.07. The number of hydrogen-bond acceptors (Lipinski definition) is 3. The monoisotopic (exact) mass is 251 g/mol. The molecule has 0 spiro atoms. The van der Waals surface area contributed by atoms with Crippen LogP contribution < -0.4 is 0 Å². The number of rotatable bonds is 2. The number of carbonyl (C=O) groups excluding carboxylic acids is 2. The van der Waals surface area contributed by atoms with Gasteiger partial charge in [0.15, 0.2) is 0 Å². The van der Waals surface area contributed by atoms with E-state index < -0.39 is 0 Å². The zero-order valence-corrected chi connectivity index (χ0v) is 11.0.